The van der Waals surface area contributed by atoms with E-state index < -0.39 is 5.60 Å². The predicted molar refractivity (Wildman–Crippen MR) is 87.0 cm³/mol. The molecule has 3 N–H and O–H groups in total. The molecule has 4 nitrogen and oxygen atoms in total. The highest BCUT2D eigenvalue weighted by atomic mass is 35.5. The highest BCUT2D eigenvalue weighted by molar-refractivity contribution is 7.21. The Hall–Kier alpha value is -1.30. The Balaban J connectivity index is 1.96. The quantitative estimate of drug-likeness (QED) is 0.847. The zero-order chi connectivity index (χ0) is 15.2. The van der Waals surface area contributed by atoms with Crippen LogP contribution in [0.3, 0.4) is 0 Å². The number of anilines is 1. The first kappa shape index (κ1) is 14.6. The van der Waals surface area contributed by atoms with Crippen LogP contribution in [0.1, 0.15) is 29.4 Å². The molecule has 1 aliphatic rings. The second kappa shape index (κ2) is 5.16. The second-order valence-corrected chi connectivity index (χ2v) is 7.30. The van der Waals surface area contributed by atoms with Crippen LogP contribution in [-0.4, -0.2) is 34.6 Å². The van der Waals surface area contributed by atoms with E-state index in [1.807, 2.05) is 12.1 Å². The van der Waals surface area contributed by atoms with Gasteiger partial charge in [0.1, 0.15) is 4.88 Å². The normalized spacial score (nSPS) is 22.7. The standard InChI is InChI=1S/C15H17ClN2O2S/c1-15(20)5-2-6-18(8-15)14(19)13-12(17)10-4-3-9(16)7-11(10)21-13/h3-4,7,20H,2,5-6,8,17H2,1H3. The Kier molecular flexibility index (Phi) is 3.59. The van der Waals surface area contributed by atoms with Crippen LogP contribution in [0.5, 0.6) is 0 Å². The van der Waals surface area contributed by atoms with Gasteiger partial charge in [-0.2, -0.15) is 0 Å². The fourth-order valence-corrected chi connectivity index (χ4v) is 4.15. The van der Waals surface area contributed by atoms with Crippen LogP contribution in [0.2, 0.25) is 5.02 Å². The van der Waals surface area contributed by atoms with E-state index >= 15 is 0 Å². The van der Waals surface area contributed by atoms with E-state index in [0.717, 1.165) is 16.5 Å². The lowest BCUT2D eigenvalue weighted by Crippen LogP contribution is -2.48. The van der Waals surface area contributed by atoms with Gasteiger partial charge >= 0.3 is 0 Å². The Labute approximate surface area is 132 Å². The highest BCUT2D eigenvalue weighted by Gasteiger charge is 2.32. The zero-order valence-corrected chi connectivity index (χ0v) is 13.3. The van der Waals surface area contributed by atoms with Crippen LogP contribution in [0.4, 0.5) is 5.69 Å². The topological polar surface area (TPSA) is 66.6 Å². The van der Waals surface area contributed by atoms with Gasteiger partial charge in [0.25, 0.3) is 5.91 Å². The molecule has 0 bridgehead atoms. The summed E-state index contributed by atoms with van der Waals surface area (Å²) in [6, 6.07) is 5.43. The van der Waals surface area contributed by atoms with Gasteiger partial charge in [0.05, 0.1) is 11.3 Å². The van der Waals surface area contributed by atoms with Crippen LogP contribution < -0.4 is 5.73 Å². The number of fused-ring (bicyclic) bond motifs is 1. The molecule has 0 radical (unpaired) electrons. The first-order chi connectivity index (χ1) is 9.87. The maximum atomic E-state index is 12.7. The summed E-state index contributed by atoms with van der Waals surface area (Å²) < 4.78 is 0.909. The second-order valence-electron chi connectivity index (χ2n) is 5.81. The monoisotopic (exact) mass is 324 g/mol. The van der Waals surface area contributed by atoms with Crippen LogP contribution in [0, 0.1) is 0 Å². The summed E-state index contributed by atoms with van der Waals surface area (Å²) >= 11 is 7.34. The molecule has 1 aromatic heterocycles. The van der Waals surface area contributed by atoms with Crippen molar-refractivity contribution in [2.45, 2.75) is 25.4 Å². The lowest BCUT2D eigenvalue weighted by atomic mass is 9.95. The highest BCUT2D eigenvalue weighted by Crippen LogP contribution is 2.36. The number of β-amino-alcohol motifs (C(OH)–C–C–N with tert-alkyl or cyclic N) is 1. The van der Waals surface area contributed by atoms with E-state index in [1.165, 1.54) is 11.3 Å². The number of aliphatic hydroxyl groups is 1. The third kappa shape index (κ3) is 2.73. The van der Waals surface area contributed by atoms with Crippen molar-refractivity contribution in [3.8, 4) is 0 Å². The van der Waals surface area contributed by atoms with Gasteiger partial charge in [-0.15, -0.1) is 11.3 Å². The van der Waals surface area contributed by atoms with E-state index in [4.69, 9.17) is 17.3 Å². The maximum absolute atomic E-state index is 12.7. The number of carbonyl (C=O) groups excluding carboxylic acids is 1. The van der Waals surface area contributed by atoms with Crippen molar-refractivity contribution in [2.24, 2.45) is 0 Å². The number of benzene rings is 1. The maximum Gasteiger partial charge on any atom is 0.266 e. The van der Waals surface area contributed by atoms with Crippen LogP contribution in [0.25, 0.3) is 10.1 Å². The molecule has 1 fully saturated rings. The lowest BCUT2D eigenvalue weighted by molar-refractivity contribution is -0.0105. The number of hydrogen-bond donors (Lipinski definition) is 2. The number of halogens is 1. The number of piperidine rings is 1. The Morgan fingerprint density at radius 1 is 1.52 bits per heavy atom. The van der Waals surface area contributed by atoms with Gasteiger partial charge in [0, 0.05) is 28.2 Å². The predicted octanol–water partition coefficient (Wildman–Crippen LogP) is 3.12. The van der Waals surface area contributed by atoms with Gasteiger partial charge in [-0.25, -0.2) is 0 Å². The summed E-state index contributed by atoms with van der Waals surface area (Å²) in [5, 5.41) is 11.6. The van der Waals surface area contributed by atoms with Crippen LogP contribution >= 0.6 is 22.9 Å². The molecule has 2 aromatic rings. The number of nitrogens with two attached hydrogens (primary N) is 1. The van der Waals surface area contributed by atoms with Crippen molar-refractivity contribution in [1.82, 2.24) is 4.90 Å². The molecular weight excluding hydrogens is 308 g/mol. The number of likely N-dealkylation sites (tertiary alicyclic amines) is 1. The fraction of sp³-hybridized carbons (Fsp3) is 0.400. The van der Waals surface area contributed by atoms with E-state index in [9.17, 15) is 9.90 Å². The molecule has 1 amide bonds. The Morgan fingerprint density at radius 3 is 3.00 bits per heavy atom. The van der Waals surface area contributed by atoms with Gasteiger partial charge in [0.2, 0.25) is 0 Å². The molecule has 0 aliphatic carbocycles. The summed E-state index contributed by atoms with van der Waals surface area (Å²) in [5.41, 5.74) is 5.81. The van der Waals surface area contributed by atoms with Crippen LogP contribution in [0.15, 0.2) is 18.2 Å². The first-order valence-electron chi connectivity index (χ1n) is 6.86. The third-order valence-corrected chi connectivity index (χ3v) is 5.24. The van der Waals surface area contributed by atoms with Crippen molar-refractivity contribution < 1.29 is 9.90 Å². The molecule has 1 atom stereocenters. The van der Waals surface area contributed by atoms with Crippen molar-refractivity contribution in [2.75, 3.05) is 18.8 Å². The van der Waals surface area contributed by atoms with E-state index in [-0.39, 0.29) is 5.91 Å². The molecule has 0 spiro atoms. The number of nitrogen functional groups attached to an aromatic ring is 1. The summed E-state index contributed by atoms with van der Waals surface area (Å²) in [7, 11) is 0. The first-order valence-corrected chi connectivity index (χ1v) is 8.06. The summed E-state index contributed by atoms with van der Waals surface area (Å²) in [5.74, 6) is -0.107. The number of thiophene rings is 1. The molecule has 0 saturated carbocycles. The van der Waals surface area contributed by atoms with Gasteiger partial charge in [0.15, 0.2) is 0 Å². The lowest BCUT2D eigenvalue weighted by Gasteiger charge is -2.36. The van der Waals surface area contributed by atoms with E-state index in [2.05, 4.69) is 0 Å². The number of carbonyl (C=O) groups is 1. The number of nitrogens with zero attached hydrogens (tertiary/aromatic N) is 1. The van der Waals surface area contributed by atoms with Gasteiger partial charge in [-0.05, 0) is 38.0 Å². The summed E-state index contributed by atoms with van der Waals surface area (Å²) in [6.07, 6.45) is 1.52. The van der Waals surface area contributed by atoms with Crippen molar-refractivity contribution in [1.29, 1.82) is 0 Å². The van der Waals surface area contributed by atoms with Crippen LogP contribution in [-0.2, 0) is 0 Å². The number of hydrogen-bond acceptors (Lipinski definition) is 4. The summed E-state index contributed by atoms with van der Waals surface area (Å²) in [6.45, 7) is 2.77. The Morgan fingerprint density at radius 2 is 2.29 bits per heavy atom. The number of rotatable bonds is 1. The molecule has 6 heteroatoms. The minimum atomic E-state index is -0.817. The molecule has 3 rings (SSSR count). The van der Waals surface area contributed by atoms with Crippen molar-refractivity contribution in [3.63, 3.8) is 0 Å². The molecule has 2 heterocycles. The molecule has 1 aromatic carbocycles. The van der Waals surface area contributed by atoms with Gasteiger partial charge < -0.3 is 15.7 Å². The van der Waals surface area contributed by atoms with Crippen molar-refractivity contribution >= 4 is 44.6 Å². The summed E-state index contributed by atoms with van der Waals surface area (Å²) in [4.78, 5) is 14.9. The molecular formula is C15H17ClN2O2S. The average molecular weight is 325 g/mol. The molecule has 112 valence electrons. The van der Waals surface area contributed by atoms with Crippen molar-refractivity contribution in [3.05, 3.63) is 28.1 Å². The molecule has 1 unspecified atom stereocenters. The van der Waals surface area contributed by atoms with E-state index in [0.29, 0.717) is 35.1 Å². The minimum absolute atomic E-state index is 0.107. The SMILES string of the molecule is CC1(O)CCCN(C(=O)c2sc3cc(Cl)ccc3c2N)C1. The average Bonchev–Trinajstić information content (AvgIpc) is 2.73. The third-order valence-electron chi connectivity index (χ3n) is 3.85. The Bertz CT molecular complexity index is 711. The smallest absolute Gasteiger partial charge is 0.266 e. The number of amides is 1. The fourth-order valence-electron chi connectivity index (χ4n) is 2.79. The van der Waals surface area contributed by atoms with Gasteiger partial charge in [-0.1, -0.05) is 11.6 Å². The molecule has 1 saturated heterocycles. The largest absolute Gasteiger partial charge is 0.397 e. The molecule has 1 aliphatic heterocycles. The zero-order valence-electron chi connectivity index (χ0n) is 11.7. The van der Waals surface area contributed by atoms with Gasteiger partial charge in [-0.3, -0.25) is 4.79 Å². The van der Waals surface area contributed by atoms with E-state index in [1.54, 1.807) is 17.9 Å². The minimum Gasteiger partial charge on any atom is -0.397 e. The molecule has 21 heavy (non-hydrogen) atoms.